The van der Waals surface area contributed by atoms with Crippen molar-refractivity contribution >= 4 is 67.4 Å². The molecular formula is C42H40ClN7O6S. The van der Waals surface area contributed by atoms with E-state index < -0.39 is 25.7 Å². The highest BCUT2D eigenvalue weighted by Gasteiger charge is 2.41. The van der Waals surface area contributed by atoms with Gasteiger partial charge in [-0.3, -0.25) is 24.8 Å². The molecule has 2 aliphatic carbocycles. The topological polar surface area (TPSA) is 163 Å². The SMILES string of the molecule is O=C(NS(=O)(=O)c1cc2c(c([N+](=O)[O-])c1)CC=N2)c1ccc(N2CCN(CC3=C(c4ccc(Cl)cc4)CC4(CCC4)CC3)CC2)cc1Oc1cnc2[nH]ccc2c1. The zero-order valence-electron chi connectivity index (χ0n) is 31.0. The van der Waals surface area contributed by atoms with Crippen LogP contribution in [0.5, 0.6) is 11.5 Å². The lowest BCUT2D eigenvalue weighted by Crippen LogP contribution is -2.47. The minimum Gasteiger partial charge on any atom is -0.455 e. The van der Waals surface area contributed by atoms with Gasteiger partial charge >= 0.3 is 0 Å². The average molecular weight is 806 g/mol. The first-order valence-corrected chi connectivity index (χ1v) is 21.0. The Morgan fingerprint density at radius 3 is 2.58 bits per heavy atom. The van der Waals surface area contributed by atoms with Crippen LogP contribution in [0.15, 0.2) is 94.6 Å². The molecule has 9 rings (SSSR count). The predicted octanol–water partition coefficient (Wildman–Crippen LogP) is 8.22. The summed E-state index contributed by atoms with van der Waals surface area (Å²) < 4.78 is 35.5. The van der Waals surface area contributed by atoms with Gasteiger partial charge < -0.3 is 14.6 Å². The lowest BCUT2D eigenvalue weighted by Gasteiger charge is -2.47. The van der Waals surface area contributed by atoms with Crippen molar-refractivity contribution < 1.29 is 22.9 Å². The summed E-state index contributed by atoms with van der Waals surface area (Å²) in [7, 11) is -4.55. The number of fused-ring (bicyclic) bond motifs is 2. The number of benzene rings is 3. The molecule has 4 heterocycles. The molecule has 0 bridgehead atoms. The van der Waals surface area contributed by atoms with Crippen LogP contribution in [0.3, 0.4) is 0 Å². The monoisotopic (exact) mass is 805 g/mol. The van der Waals surface area contributed by atoms with Crippen molar-refractivity contribution in [2.24, 2.45) is 10.4 Å². The molecule has 13 nitrogen and oxygen atoms in total. The van der Waals surface area contributed by atoms with Gasteiger partial charge in [0, 0.05) is 79.8 Å². The third-order valence-corrected chi connectivity index (χ3v) is 13.5. The molecule has 15 heteroatoms. The normalized spacial score (nSPS) is 17.8. The number of nitro groups is 1. The van der Waals surface area contributed by atoms with Crippen molar-refractivity contribution in [3.05, 3.63) is 117 Å². The van der Waals surface area contributed by atoms with Gasteiger partial charge in [-0.15, -0.1) is 0 Å². The van der Waals surface area contributed by atoms with Crippen molar-refractivity contribution in [3.8, 4) is 11.5 Å². The second-order valence-corrected chi connectivity index (χ2v) is 17.5. The Balaban J connectivity index is 0.956. The van der Waals surface area contributed by atoms with Gasteiger partial charge in [-0.05, 0) is 91.1 Å². The number of aliphatic imine (C=N–C) groups is 1. The lowest BCUT2D eigenvalue weighted by atomic mass is 9.59. The highest BCUT2D eigenvalue weighted by atomic mass is 35.5. The van der Waals surface area contributed by atoms with Crippen molar-refractivity contribution in [1.82, 2.24) is 19.6 Å². The molecule has 2 fully saturated rings. The molecule has 1 spiro atoms. The Bertz CT molecular complexity index is 2590. The third-order valence-electron chi connectivity index (χ3n) is 11.9. The Morgan fingerprint density at radius 2 is 1.82 bits per heavy atom. The van der Waals surface area contributed by atoms with Crippen molar-refractivity contribution in [3.63, 3.8) is 0 Å². The van der Waals surface area contributed by atoms with Crippen LogP contribution in [0, 0.1) is 15.5 Å². The van der Waals surface area contributed by atoms with Gasteiger partial charge in [0.05, 0.1) is 32.8 Å². The van der Waals surface area contributed by atoms with Gasteiger partial charge in [-0.25, -0.2) is 18.1 Å². The minimum absolute atomic E-state index is 0.0352. The second kappa shape index (κ2) is 14.7. The summed E-state index contributed by atoms with van der Waals surface area (Å²) in [5.41, 5.74) is 6.29. The van der Waals surface area contributed by atoms with E-state index in [9.17, 15) is 23.3 Å². The molecule has 292 valence electrons. The number of allylic oxidation sites excluding steroid dienone is 1. The molecule has 2 aromatic heterocycles. The van der Waals surface area contributed by atoms with Gasteiger partial charge in [0.15, 0.2) is 0 Å². The number of pyridine rings is 1. The van der Waals surface area contributed by atoms with E-state index in [1.165, 1.54) is 60.9 Å². The van der Waals surface area contributed by atoms with Crippen LogP contribution >= 0.6 is 11.6 Å². The fourth-order valence-corrected chi connectivity index (χ4v) is 9.77. The molecule has 5 aromatic rings. The minimum atomic E-state index is -4.55. The van der Waals surface area contributed by atoms with Crippen LogP contribution < -0.4 is 14.4 Å². The molecule has 4 aliphatic rings. The van der Waals surface area contributed by atoms with Crippen LogP contribution in [0.25, 0.3) is 16.6 Å². The number of aromatic amines is 1. The summed E-state index contributed by atoms with van der Waals surface area (Å²) in [5.74, 6) is -0.465. The fraction of sp³-hybridized carbons (Fsp3) is 0.310. The maximum Gasteiger partial charge on any atom is 0.276 e. The van der Waals surface area contributed by atoms with E-state index in [0.717, 1.165) is 67.7 Å². The van der Waals surface area contributed by atoms with Crippen LogP contribution in [-0.2, 0) is 16.4 Å². The number of sulfonamides is 1. The Kier molecular flexibility index (Phi) is 9.58. The number of hydrogen-bond acceptors (Lipinski definition) is 10. The number of nitrogens with one attached hydrogen (secondary N) is 2. The summed E-state index contributed by atoms with van der Waals surface area (Å²) in [6, 6.07) is 19.2. The van der Waals surface area contributed by atoms with Gasteiger partial charge in [-0.2, -0.15) is 0 Å². The van der Waals surface area contributed by atoms with Crippen LogP contribution in [0.4, 0.5) is 17.1 Å². The molecule has 57 heavy (non-hydrogen) atoms. The van der Waals surface area contributed by atoms with Gasteiger partial charge in [0.25, 0.3) is 21.6 Å². The predicted molar refractivity (Wildman–Crippen MR) is 219 cm³/mol. The number of nitro benzene ring substituents is 1. The molecule has 0 atom stereocenters. The smallest absolute Gasteiger partial charge is 0.276 e. The molecule has 3 aromatic carbocycles. The van der Waals surface area contributed by atoms with E-state index in [1.807, 2.05) is 18.2 Å². The molecular weight excluding hydrogens is 766 g/mol. The first-order valence-electron chi connectivity index (χ1n) is 19.1. The van der Waals surface area contributed by atoms with Crippen LogP contribution in [0.2, 0.25) is 5.02 Å². The van der Waals surface area contributed by atoms with E-state index in [4.69, 9.17) is 16.3 Å². The number of amides is 1. The molecule has 0 unspecified atom stereocenters. The van der Waals surface area contributed by atoms with Crippen molar-refractivity contribution in [1.29, 1.82) is 0 Å². The number of anilines is 1. The van der Waals surface area contributed by atoms with E-state index in [-0.39, 0.29) is 29.1 Å². The summed E-state index contributed by atoms with van der Waals surface area (Å²) in [6.45, 7) is 4.07. The number of aromatic nitrogens is 2. The van der Waals surface area contributed by atoms with E-state index in [0.29, 0.717) is 22.4 Å². The molecule has 2 aliphatic heterocycles. The van der Waals surface area contributed by atoms with Crippen molar-refractivity contribution in [2.75, 3.05) is 37.6 Å². The lowest BCUT2D eigenvalue weighted by molar-refractivity contribution is -0.385. The highest BCUT2D eigenvalue weighted by Crippen LogP contribution is 2.55. The Labute approximate surface area is 334 Å². The summed E-state index contributed by atoms with van der Waals surface area (Å²) >= 11 is 6.26. The number of carbonyl (C=O) groups is 1. The molecule has 0 radical (unpaired) electrons. The zero-order chi connectivity index (χ0) is 39.3. The quantitative estimate of drug-likeness (QED) is 0.105. The average Bonchev–Trinajstić information content (AvgIpc) is 3.87. The van der Waals surface area contributed by atoms with Gasteiger partial charge in [-0.1, -0.05) is 35.7 Å². The Hall–Kier alpha value is -5.57. The van der Waals surface area contributed by atoms with Gasteiger partial charge in [0.1, 0.15) is 17.1 Å². The molecule has 1 saturated carbocycles. The summed E-state index contributed by atoms with van der Waals surface area (Å²) in [6.07, 6.45) is 12.4. The largest absolute Gasteiger partial charge is 0.455 e. The Morgan fingerprint density at radius 1 is 1.02 bits per heavy atom. The number of hydrogen-bond donors (Lipinski definition) is 2. The number of ether oxygens (including phenoxy) is 1. The van der Waals surface area contributed by atoms with E-state index >= 15 is 0 Å². The maximum absolute atomic E-state index is 13.8. The summed E-state index contributed by atoms with van der Waals surface area (Å²) in [5, 5.41) is 13.3. The third kappa shape index (κ3) is 7.40. The fourth-order valence-electron chi connectivity index (χ4n) is 8.64. The maximum atomic E-state index is 13.8. The van der Waals surface area contributed by atoms with Crippen LogP contribution in [-0.4, -0.2) is 73.1 Å². The number of rotatable bonds is 10. The number of halogens is 1. The van der Waals surface area contributed by atoms with E-state index in [1.54, 1.807) is 30.5 Å². The highest BCUT2D eigenvalue weighted by molar-refractivity contribution is 7.90. The number of H-pyrrole nitrogens is 1. The number of nitrogens with zero attached hydrogens (tertiary/aromatic N) is 5. The molecule has 1 saturated heterocycles. The first kappa shape index (κ1) is 37.0. The van der Waals surface area contributed by atoms with Crippen molar-refractivity contribution in [2.45, 2.75) is 49.8 Å². The van der Waals surface area contributed by atoms with Crippen LogP contribution in [0.1, 0.15) is 60.0 Å². The van der Waals surface area contributed by atoms with E-state index in [2.05, 4.69) is 41.6 Å². The summed E-state index contributed by atoms with van der Waals surface area (Å²) in [4.78, 5) is 40.8. The number of carbonyl (C=O) groups excluding carboxylic acids is 1. The second-order valence-electron chi connectivity index (χ2n) is 15.4. The van der Waals surface area contributed by atoms with Gasteiger partial charge in [0.2, 0.25) is 0 Å². The first-order chi connectivity index (χ1) is 27.5. The molecule has 2 N–H and O–H groups in total. The molecule has 1 amide bonds. The zero-order valence-corrected chi connectivity index (χ0v) is 32.6. The number of piperazine rings is 1. The standard InChI is InChI=1S/C42H40ClN7O6S/c43-30-4-2-27(3-5-30)36-24-42(11-1-12-42)13-8-29(36)26-48-16-18-49(19-17-48)31-6-7-35(39(21-31)56-32-20-28-9-14-45-40(28)46-25-32)41(51)47-57(54,55)33-22-37-34(10-15-44-37)38(23-33)50(52)53/h2-7,9,14-15,20-23,25H,1,8,10-13,16-19,24,26H2,(H,45,46)(H,47,51).